The number of rotatable bonds is 4. The van der Waals surface area contributed by atoms with E-state index >= 15 is 0 Å². The minimum Gasteiger partial charge on any atom is -0.303 e. The predicted molar refractivity (Wildman–Crippen MR) is 70.0 cm³/mol. The summed E-state index contributed by atoms with van der Waals surface area (Å²) in [7, 11) is 0. The molecule has 0 atom stereocenters. The molecule has 1 fully saturated rings. The van der Waals surface area contributed by atoms with E-state index in [4.69, 9.17) is 5.53 Å². The zero-order valence-corrected chi connectivity index (χ0v) is 10.5. The molecule has 1 saturated heterocycles. The number of piperidine rings is 1. The number of nitrogens with zero attached hydrogens (tertiary/aromatic N) is 2. The maximum atomic E-state index is 7.06. The van der Waals surface area contributed by atoms with Crippen molar-refractivity contribution in [1.29, 1.82) is 5.53 Å². The van der Waals surface area contributed by atoms with Gasteiger partial charge in [-0.05, 0) is 62.5 Å². The number of benzene rings is 1. The highest BCUT2D eigenvalue weighted by Gasteiger charge is 2.19. The van der Waals surface area contributed by atoms with Crippen LogP contribution in [0.4, 0.5) is 5.69 Å². The summed E-state index contributed by atoms with van der Waals surface area (Å²) in [5.41, 5.74) is 9.19. The van der Waals surface area contributed by atoms with Gasteiger partial charge in [0.05, 0.1) is 5.69 Å². The van der Waals surface area contributed by atoms with E-state index in [-0.39, 0.29) is 0 Å². The molecular formula is C14H21N3. The van der Waals surface area contributed by atoms with Gasteiger partial charge in [-0.15, -0.1) is 0 Å². The summed E-state index contributed by atoms with van der Waals surface area (Å²) in [6.07, 6.45) is 3.72. The first-order valence-electron chi connectivity index (χ1n) is 6.53. The lowest BCUT2D eigenvalue weighted by molar-refractivity contribution is 0.213. The normalized spacial score (nSPS) is 18.2. The van der Waals surface area contributed by atoms with E-state index in [0.29, 0.717) is 5.92 Å². The van der Waals surface area contributed by atoms with Gasteiger partial charge in [-0.1, -0.05) is 19.1 Å². The average Bonchev–Trinajstić information content (AvgIpc) is 2.40. The highest BCUT2D eigenvalue weighted by molar-refractivity contribution is 5.40. The molecule has 0 amide bonds. The summed E-state index contributed by atoms with van der Waals surface area (Å²) >= 11 is 0. The molecule has 1 N–H and O–H groups in total. The second kappa shape index (κ2) is 5.92. The molecule has 3 heteroatoms. The average molecular weight is 231 g/mol. The molecule has 0 spiro atoms. The molecule has 0 aliphatic carbocycles. The molecule has 0 radical (unpaired) electrons. The van der Waals surface area contributed by atoms with Crippen LogP contribution in [-0.4, -0.2) is 24.5 Å². The first-order chi connectivity index (χ1) is 8.33. The Morgan fingerprint density at radius 3 is 2.76 bits per heavy atom. The summed E-state index contributed by atoms with van der Waals surface area (Å²) in [5, 5.41) is 3.51. The third kappa shape index (κ3) is 3.13. The van der Waals surface area contributed by atoms with Crippen molar-refractivity contribution in [2.75, 3.05) is 19.6 Å². The molecule has 17 heavy (non-hydrogen) atoms. The lowest BCUT2D eigenvalue weighted by Crippen LogP contribution is -2.33. The van der Waals surface area contributed by atoms with Crippen LogP contribution in [0.2, 0.25) is 0 Å². The van der Waals surface area contributed by atoms with E-state index in [1.165, 1.54) is 44.5 Å². The zero-order valence-electron chi connectivity index (χ0n) is 10.5. The minimum atomic E-state index is 0.657. The van der Waals surface area contributed by atoms with Gasteiger partial charge in [0, 0.05) is 0 Å². The predicted octanol–water partition coefficient (Wildman–Crippen LogP) is 3.94. The fourth-order valence-electron chi connectivity index (χ4n) is 2.65. The molecule has 1 aliphatic heterocycles. The molecule has 1 aliphatic rings. The number of hydrogen-bond acceptors (Lipinski definition) is 3. The molecule has 0 unspecified atom stereocenters. The van der Waals surface area contributed by atoms with Gasteiger partial charge >= 0.3 is 0 Å². The molecule has 0 aromatic heterocycles. The van der Waals surface area contributed by atoms with Gasteiger partial charge in [-0.3, -0.25) is 0 Å². The van der Waals surface area contributed by atoms with Gasteiger partial charge in [-0.25, -0.2) is 5.53 Å². The molecule has 0 bridgehead atoms. The van der Waals surface area contributed by atoms with Gasteiger partial charge in [-0.2, -0.15) is 5.11 Å². The summed E-state index contributed by atoms with van der Waals surface area (Å²) in [4.78, 5) is 2.55. The molecule has 1 heterocycles. The van der Waals surface area contributed by atoms with Crippen molar-refractivity contribution in [1.82, 2.24) is 4.90 Å². The van der Waals surface area contributed by atoms with Crippen LogP contribution in [0, 0.1) is 5.53 Å². The van der Waals surface area contributed by atoms with Gasteiger partial charge < -0.3 is 4.90 Å². The SMILES string of the molecule is CCCN1CCC(c2cccc(N=N)c2)CC1. The van der Waals surface area contributed by atoms with Crippen molar-refractivity contribution in [3.05, 3.63) is 29.8 Å². The lowest BCUT2D eigenvalue weighted by Gasteiger charge is -2.31. The summed E-state index contributed by atoms with van der Waals surface area (Å²) in [6.45, 7) is 5.89. The highest BCUT2D eigenvalue weighted by atomic mass is 15.1. The second-order valence-corrected chi connectivity index (χ2v) is 4.82. The molecule has 1 aromatic rings. The van der Waals surface area contributed by atoms with Crippen molar-refractivity contribution in [2.24, 2.45) is 5.11 Å². The molecule has 1 aromatic carbocycles. The van der Waals surface area contributed by atoms with E-state index in [1.807, 2.05) is 12.1 Å². The largest absolute Gasteiger partial charge is 0.303 e. The van der Waals surface area contributed by atoms with Crippen molar-refractivity contribution in [2.45, 2.75) is 32.1 Å². The van der Waals surface area contributed by atoms with Crippen LogP contribution in [0.3, 0.4) is 0 Å². The Bertz CT molecular complexity index is 367. The maximum absolute atomic E-state index is 7.06. The van der Waals surface area contributed by atoms with Gasteiger partial charge in [0.15, 0.2) is 0 Å². The summed E-state index contributed by atoms with van der Waals surface area (Å²) in [5.74, 6) is 0.657. The Balaban J connectivity index is 1.97. The van der Waals surface area contributed by atoms with Gasteiger partial charge in [0.25, 0.3) is 0 Å². The number of nitrogens with one attached hydrogen (secondary N) is 1. The Labute approximate surface area is 103 Å². The third-order valence-electron chi connectivity index (χ3n) is 3.60. The van der Waals surface area contributed by atoms with Crippen molar-refractivity contribution >= 4 is 5.69 Å². The van der Waals surface area contributed by atoms with E-state index in [9.17, 15) is 0 Å². The maximum Gasteiger partial charge on any atom is 0.0852 e. The quantitative estimate of drug-likeness (QED) is 0.783. The van der Waals surface area contributed by atoms with Crippen molar-refractivity contribution < 1.29 is 0 Å². The standard InChI is InChI=1S/C14H21N3/c1-2-8-17-9-6-12(7-10-17)13-4-3-5-14(11-13)16-15/h3-5,11-12,15H,2,6-10H2,1H3. The van der Waals surface area contributed by atoms with Crippen LogP contribution in [0.25, 0.3) is 0 Å². The molecule has 2 rings (SSSR count). The molecule has 0 saturated carbocycles. The number of likely N-dealkylation sites (tertiary alicyclic amines) is 1. The van der Waals surface area contributed by atoms with Crippen LogP contribution >= 0.6 is 0 Å². The van der Waals surface area contributed by atoms with Crippen molar-refractivity contribution in [3.8, 4) is 0 Å². The van der Waals surface area contributed by atoms with Crippen LogP contribution in [0.15, 0.2) is 29.4 Å². The zero-order chi connectivity index (χ0) is 12.1. The van der Waals surface area contributed by atoms with E-state index < -0.39 is 0 Å². The Hall–Kier alpha value is -1.22. The van der Waals surface area contributed by atoms with Crippen LogP contribution < -0.4 is 0 Å². The van der Waals surface area contributed by atoms with Crippen LogP contribution in [0.5, 0.6) is 0 Å². The van der Waals surface area contributed by atoms with Gasteiger partial charge in [0.2, 0.25) is 0 Å². The highest BCUT2D eigenvalue weighted by Crippen LogP contribution is 2.30. The Morgan fingerprint density at radius 1 is 1.35 bits per heavy atom. The van der Waals surface area contributed by atoms with E-state index in [2.05, 4.69) is 29.1 Å². The van der Waals surface area contributed by atoms with Crippen LogP contribution in [0.1, 0.15) is 37.7 Å². The fourth-order valence-corrected chi connectivity index (χ4v) is 2.65. The molecular weight excluding hydrogens is 210 g/mol. The van der Waals surface area contributed by atoms with E-state index in [0.717, 1.165) is 5.69 Å². The molecule has 3 nitrogen and oxygen atoms in total. The van der Waals surface area contributed by atoms with E-state index in [1.54, 1.807) is 0 Å². The lowest BCUT2D eigenvalue weighted by atomic mass is 9.89. The Morgan fingerprint density at radius 2 is 2.12 bits per heavy atom. The summed E-state index contributed by atoms with van der Waals surface area (Å²) < 4.78 is 0. The fraction of sp³-hybridized carbons (Fsp3) is 0.571. The summed E-state index contributed by atoms with van der Waals surface area (Å²) in [6, 6.07) is 8.14. The van der Waals surface area contributed by atoms with Crippen LogP contribution in [-0.2, 0) is 0 Å². The monoisotopic (exact) mass is 231 g/mol. The topological polar surface area (TPSA) is 39.5 Å². The van der Waals surface area contributed by atoms with Crippen molar-refractivity contribution in [3.63, 3.8) is 0 Å². The second-order valence-electron chi connectivity index (χ2n) is 4.82. The molecule has 92 valence electrons. The van der Waals surface area contributed by atoms with Gasteiger partial charge in [0.1, 0.15) is 0 Å². The minimum absolute atomic E-state index is 0.657. The first-order valence-corrected chi connectivity index (χ1v) is 6.53. The third-order valence-corrected chi connectivity index (χ3v) is 3.60. The number of hydrogen-bond donors (Lipinski definition) is 1. The Kier molecular flexibility index (Phi) is 4.26. The smallest absolute Gasteiger partial charge is 0.0852 e. The first kappa shape index (κ1) is 12.2.